The van der Waals surface area contributed by atoms with Gasteiger partial charge in [-0.15, -0.1) is 0 Å². The van der Waals surface area contributed by atoms with Crippen LogP contribution in [0.25, 0.3) is 11.0 Å². The molecule has 0 aliphatic carbocycles. The molecule has 0 saturated carbocycles. The standard InChI is InChI=1S/C15H18N4O3/c1-8-7-10(12-9(2)17-18-13(12)16-8)14(20)19-6-4-3-5-11(19)15(21)22/h7,11H,3-6H2,1-2H3,(H,21,22)(H,16,17,18). The molecule has 3 rings (SSSR count). The summed E-state index contributed by atoms with van der Waals surface area (Å²) in [6, 6.07) is 0.956. The molecule has 0 bridgehead atoms. The average Bonchev–Trinajstić information content (AvgIpc) is 2.86. The number of aromatic nitrogens is 3. The van der Waals surface area contributed by atoms with Crippen LogP contribution in [0, 0.1) is 13.8 Å². The fourth-order valence-electron chi connectivity index (χ4n) is 3.05. The minimum atomic E-state index is -0.945. The van der Waals surface area contributed by atoms with Gasteiger partial charge in [0.2, 0.25) is 0 Å². The lowest BCUT2D eigenvalue weighted by Gasteiger charge is -2.33. The van der Waals surface area contributed by atoms with E-state index in [1.165, 1.54) is 4.90 Å². The first-order chi connectivity index (χ1) is 10.5. The third-order valence-corrected chi connectivity index (χ3v) is 4.11. The van der Waals surface area contributed by atoms with Gasteiger partial charge in [-0.2, -0.15) is 5.10 Å². The Balaban J connectivity index is 2.08. The van der Waals surface area contributed by atoms with Crippen LogP contribution in [-0.2, 0) is 4.79 Å². The van der Waals surface area contributed by atoms with E-state index >= 15 is 0 Å². The van der Waals surface area contributed by atoms with Crippen molar-refractivity contribution in [2.75, 3.05) is 6.54 Å². The molecule has 1 amide bonds. The summed E-state index contributed by atoms with van der Waals surface area (Å²) in [4.78, 5) is 30.1. The minimum Gasteiger partial charge on any atom is -0.480 e. The number of aliphatic carboxylic acids is 1. The SMILES string of the molecule is Cc1cc(C(=O)N2CCCCC2C(=O)O)c2c(C)[nH]nc2n1. The fourth-order valence-corrected chi connectivity index (χ4v) is 3.05. The second kappa shape index (κ2) is 5.40. The number of aromatic amines is 1. The maximum absolute atomic E-state index is 12.9. The van der Waals surface area contributed by atoms with Gasteiger partial charge in [-0.3, -0.25) is 9.89 Å². The molecule has 1 unspecified atom stereocenters. The fraction of sp³-hybridized carbons (Fsp3) is 0.467. The predicted octanol–water partition coefficient (Wildman–Crippen LogP) is 1.65. The third-order valence-electron chi connectivity index (χ3n) is 4.11. The number of carbonyl (C=O) groups is 2. The predicted molar refractivity (Wildman–Crippen MR) is 79.7 cm³/mol. The van der Waals surface area contributed by atoms with E-state index in [-0.39, 0.29) is 5.91 Å². The third kappa shape index (κ3) is 2.32. The Hall–Kier alpha value is -2.44. The molecule has 0 radical (unpaired) electrons. The van der Waals surface area contributed by atoms with Crippen LogP contribution in [0.5, 0.6) is 0 Å². The van der Waals surface area contributed by atoms with Crippen LogP contribution in [0.15, 0.2) is 6.07 Å². The summed E-state index contributed by atoms with van der Waals surface area (Å²) in [5.74, 6) is -1.20. The molecule has 3 heterocycles. The second-order valence-corrected chi connectivity index (χ2v) is 5.71. The Morgan fingerprint density at radius 3 is 2.86 bits per heavy atom. The summed E-state index contributed by atoms with van der Waals surface area (Å²) in [5, 5.41) is 17.0. The van der Waals surface area contributed by atoms with Crippen LogP contribution >= 0.6 is 0 Å². The Bertz CT molecular complexity index is 753. The summed E-state index contributed by atoms with van der Waals surface area (Å²) in [6.07, 6.45) is 2.15. The van der Waals surface area contributed by atoms with Gasteiger partial charge in [0.15, 0.2) is 5.65 Å². The minimum absolute atomic E-state index is 0.257. The monoisotopic (exact) mass is 302 g/mol. The molecule has 7 nitrogen and oxygen atoms in total. The summed E-state index contributed by atoms with van der Waals surface area (Å²) in [6.45, 7) is 4.09. The van der Waals surface area contributed by atoms with E-state index in [4.69, 9.17) is 0 Å². The molecule has 2 N–H and O–H groups in total. The molecule has 116 valence electrons. The summed E-state index contributed by atoms with van der Waals surface area (Å²) in [7, 11) is 0. The van der Waals surface area contributed by atoms with Crippen molar-refractivity contribution in [2.24, 2.45) is 0 Å². The van der Waals surface area contributed by atoms with E-state index in [1.54, 1.807) is 13.0 Å². The van der Waals surface area contributed by atoms with E-state index in [0.717, 1.165) is 18.5 Å². The second-order valence-electron chi connectivity index (χ2n) is 5.71. The van der Waals surface area contributed by atoms with Gasteiger partial charge in [-0.25, -0.2) is 9.78 Å². The Morgan fingerprint density at radius 2 is 2.14 bits per heavy atom. The molecular formula is C15H18N4O3. The van der Waals surface area contributed by atoms with Gasteiger partial charge in [-0.05, 0) is 39.2 Å². The topological polar surface area (TPSA) is 99.2 Å². The van der Waals surface area contributed by atoms with E-state index in [1.807, 2.05) is 6.92 Å². The van der Waals surface area contributed by atoms with Crippen LogP contribution in [0.2, 0.25) is 0 Å². The average molecular weight is 302 g/mol. The van der Waals surface area contributed by atoms with E-state index in [2.05, 4.69) is 15.2 Å². The number of hydrogen-bond donors (Lipinski definition) is 2. The van der Waals surface area contributed by atoms with E-state index in [9.17, 15) is 14.7 Å². The molecule has 2 aromatic heterocycles. The van der Waals surface area contributed by atoms with Gasteiger partial charge in [0.25, 0.3) is 5.91 Å². The van der Waals surface area contributed by atoms with Gasteiger partial charge in [-0.1, -0.05) is 0 Å². The molecule has 1 fully saturated rings. The normalized spacial score (nSPS) is 18.6. The molecule has 22 heavy (non-hydrogen) atoms. The van der Waals surface area contributed by atoms with Crippen molar-refractivity contribution in [3.63, 3.8) is 0 Å². The van der Waals surface area contributed by atoms with Crippen LogP contribution in [0.4, 0.5) is 0 Å². The number of rotatable bonds is 2. The first-order valence-electron chi connectivity index (χ1n) is 7.35. The zero-order chi connectivity index (χ0) is 15.9. The van der Waals surface area contributed by atoms with Crippen LogP contribution in [-0.4, -0.2) is 49.7 Å². The number of carboxylic acid groups (broad SMARTS) is 1. The number of nitrogens with zero attached hydrogens (tertiary/aromatic N) is 3. The quantitative estimate of drug-likeness (QED) is 0.878. The highest BCUT2D eigenvalue weighted by molar-refractivity contribution is 6.07. The maximum atomic E-state index is 12.9. The van der Waals surface area contributed by atoms with Crippen molar-refractivity contribution in [1.29, 1.82) is 0 Å². The number of nitrogens with one attached hydrogen (secondary N) is 1. The van der Waals surface area contributed by atoms with Crippen LogP contribution < -0.4 is 0 Å². The van der Waals surface area contributed by atoms with Crippen molar-refractivity contribution in [3.8, 4) is 0 Å². The highest BCUT2D eigenvalue weighted by atomic mass is 16.4. The molecule has 1 atom stereocenters. The molecular weight excluding hydrogens is 284 g/mol. The molecule has 7 heteroatoms. The highest BCUT2D eigenvalue weighted by Crippen LogP contribution is 2.25. The number of fused-ring (bicyclic) bond motifs is 1. The number of pyridine rings is 1. The zero-order valence-electron chi connectivity index (χ0n) is 12.6. The largest absolute Gasteiger partial charge is 0.480 e. The maximum Gasteiger partial charge on any atom is 0.326 e. The summed E-state index contributed by atoms with van der Waals surface area (Å²) in [5.41, 5.74) is 2.41. The van der Waals surface area contributed by atoms with Gasteiger partial charge in [0, 0.05) is 17.9 Å². The number of likely N-dealkylation sites (tertiary alicyclic amines) is 1. The van der Waals surface area contributed by atoms with Crippen molar-refractivity contribution in [2.45, 2.75) is 39.2 Å². The molecule has 2 aromatic rings. The van der Waals surface area contributed by atoms with Crippen LogP contribution in [0.3, 0.4) is 0 Å². The van der Waals surface area contributed by atoms with E-state index in [0.29, 0.717) is 35.3 Å². The molecule has 1 saturated heterocycles. The lowest BCUT2D eigenvalue weighted by atomic mass is 10.00. The number of aryl methyl sites for hydroxylation is 2. The highest BCUT2D eigenvalue weighted by Gasteiger charge is 2.33. The molecule has 1 aliphatic rings. The first kappa shape index (κ1) is 14.5. The first-order valence-corrected chi connectivity index (χ1v) is 7.35. The number of amides is 1. The van der Waals surface area contributed by atoms with Crippen molar-refractivity contribution in [3.05, 3.63) is 23.0 Å². The Kier molecular flexibility index (Phi) is 3.56. The zero-order valence-corrected chi connectivity index (χ0v) is 12.6. The van der Waals surface area contributed by atoms with Crippen LogP contribution in [0.1, 0.15) is 41.0 Å². The molecule has 0 aromatic carbocycles. The van der Waals surface area contributed by atoms with Gasteiger partial charge < -0.3 is 10.0 Å². The number of H-pyrrole nitrogens is 1. The van der Waals surface area contributed by atoms with Crippen molar-refractivity contribution < 1.29 is 14.7 Å². The number of piperidine rings is 1. The smallest absolute Gasteiger partial charge is 0.326 e. The van der Waals surface area contributed by atoms with Gasteiger partial charge in [0.05, 0.1) is 10.9 Å². The van der Waals surface area contributed by atoms with Crippen molar-refractivity contribution in [1.82, 2.24) is 20.1 Å². The Labute approximate surface area is 127 Å². The summed E-state index contributed by atoms with van der Waals surface area (Å²) < 4.78 is 0. The summed E-state index contributed by atoms with van der Waals surface area (Å²) >= 11 is 0. The number of hydrogen-bond acceptors (Lipinski definition) is 4. The molecule has 1 aliphatic heterocycles. The lowest BCUT2D eigenvalue weighted by molar-refractivity contribution is -0.143. The lowest BCUT2D eigenvalue weighted by Crippen LogP contribution is -2.48. The van der Waals surface area contributed by atoms with Crippen molar-refractivity contribution >= 4 is 22.9 Å². The van der Waals surface area contributed by atoms with E-state index < -0.39 is 12.0 Å². The number of carbonyl (C=O) groups excluding carboxylic acids is 1. The van der Waals surface area contributed by atoms with Gasteiger partial charge >= 0.3 is 5.97 Å². The molecule has 0 spiro atoms. The number of carboxylic acids is 1. The Morgan fingerprint density at radius 1 is 1.36 bits per heavy atom. The van der Waals surface area contributed by atoms with Gasteiger partial charge in [0.1, 0.15) is 6.04 Å².